The summed E-state index contributed by atoms with van der Waals surface area (Å²) in [6.45, 7) is 0. The van der Waals surface area contributed by atoms with Crippen molar-refractivity contribution in [3.63, 3.8) is 0 Å². The minimum Gasteiger partial charge on any atom is -0.480 e. The second-order valence-corrected chi connectivity index (χ2v) is 6.51. The van der Waals surface area contributed by atoms with Crippen LogP contribution in [0.25, 0.3) is 28.2 Å². The Morgan fingerprint density at radius 1 is 1.30 bits per heavy atom. The highest BCUT2D eigenvalue weighted by Gasteiger charge is 2.25. The van der Waals surface area contributed by atoms with Gasteiger partial charge in [-0.15, -0.1) is 0 Å². The Kier molecular flexibility index (Phi) is 4.10. The molecule has 1 aliphatic rings. The molecule has 0 radical (unpaired) electrons. The molecule has 0 aromatic carbocycles. The summed E-state index contributed by atoms with van der Waals surface area (Å²) in [5.41, 5.74) is 2.10. The number of nitrogens with zero attached hydrogens (tertiary/aromatic N) is 3. The molecule has 3 aromatic heterocycles. The molecule has 0 spiro atoms. The van der Waals surface area contributed by atoms with Crippen LogP contribution in [0.5, 0.6) is 5.88 Å². The molecule has 8 nitrogen and oxygen atoms in total. The van der Waals surface area contributed by atoms with E-state index in [-0.39, 0.29) is 10.8 Å². The molecule has 0 atom stereocenters. The fourth-order valence-electron chi connectivity index (χ4n) is 2.65. The van der Waals surface area contributed by atoms with Crippen molar-refractivity contribution in [1.82, 2.24) is 15.3 Å². The van der Waals surface area contributed by atoms with E-state index in [0.29, 0.717) is 33.4 Å². The molecule has 3 aromatic rings. The van der Waals surface area contributed by atoms with Gasteiger partial charge in [0.15, 0.2) is 0 Å². The van der Waals surface area contributed by atoms with Crippen LogP contribution in [0.2, 0.25) is 0 Å². The van der Waals surface area contributed by atoms with E-state index in [1.54, 1.807) is 30.7 Å². The van der Waals surface area contributed by atoms with Crippen molar-refractivity contribution in [3.8, 4) is 23.1 Å². The summed E-state index contributed by atoms with van der Waals surface area (Å²) < 4.78 is 10.9. The van der Waals surface area contributed by atoms with Gasteiger partial charge in [-0.2, -0.15) is 5.26 Å². The number of nitriles is 1. The van der Waals surface area contributed by atoms with E-state index in [9.17, 15) is 14.9 Å². The standard InChI is InChI=1S/C18H10N4O4S/c1-25-17-9(5-19)2-10(7-21-17)13-8-20-6-11-3-12(26-15(11)13)4-14-16(23)22-18(24)27-14/h2-4,6-8H,1H3,(H,22,23,24)/b14-4+. The van der Waals surface area contributed by atoms with Gasteiger partial charge < -0.3 is 9.15 Å². The Morgan fingerprint density at radius 2 is 2.15 bits per heavy atom. The Morgan fingerprint density at radius 3 is 2.85 bits per heavy atom. The van der Waals surface area contributed by atoms with Crippen LogP contribution in [0, 0.1) is 11.3 Å². The first-order valence-electron chi connectivity index (χ1n) is 7.66. The molecular weight excluding hydrogens is 368 g/mol. The molecule has 27 heavy (non-hydrogen) atoms. The molecule has 2 amide bonds. The quantitative estimate of drug-likeness (QED) is 0.691. The average Bonchev–Trinajstić information content (AvgIpc) is 3.22. The smallest absolute Gasteiger partial charge is 0.290 e. The lowest BCUT2D eigenvalue weighted by Gasteiger charge is -2.05. The predicted molar refractivity (Wildman–Crippen MR) is 97.6 cm³/mol. The van der Waals surface area contributed by atoms with Gasteiger partial charge in [-0.25, -0.2) is 4.98 Å². The Labute approximate surface area is 156 Å². The number of fused-ring (bicyclic) bond motifs is 1. The third-order valence-electron chi connectivity index (χ3n) is 3.83. The summed E-state index contributed by atoms with van der Waals surface area (Å²) in [6.07, 6.45) is 6.30. The number of imide groups is 1. The molecule has 1 saturated heterocycles. The number of amides is 2. The van der Waals surface area contributed by atoms with Crippen molar-refractivity contribution in [2.45, 2.75) is 0 Å². The van der Waals surface area contributed by atoms with Gasteiger partial charge in [0, 0.05) is 41.2 Å². The van der Waals surface area contributed by atoms with Crippen LogP contribution in [0.4, 0.5) is 4.79 Å². The highest BCUT2D eigenvalue weighted by atomic mass is 32.2. The van der Waals surface area contributed by atoms with E-state index in [2.05, 4.69) is 15.3 Å². The zero-order chi connectivity index (χ0) is 19.0. The van der Waals surface area contributed by atoms with Crippen molar-refractivity contribution in [2.24, 2.45) is 0 Å². The number of furan rings is 1. The number of nitrogens with one attached hydrogen (secondary N) is 1. The van der Waals surface area contributed by atoms with E-state index < -0.39 is 11.1 Å². The summed E-state index contributed by atoms with van der Waals surface area (Å²) in [5.74, 6) is 0.190. The van der Waals surface area contributed by atoms with Crippen LogP contribution in [0.15, 0.2) is 40.0 Å². The van der Waals surface area contributed by atoms with Crippen LogP contribution in [0.3, 0.4) is 0 Å². The summed E-state index contributed by atoms with van der Waals surface area (Å²) in [6, 6.07) is 5.40. The maximum absolute atomic E-state index is 11.7. The summed E-state index contributed by atoms with van der Waals surface area (Å²) in [7, 11) is 1.44. The maximum atomic E-state index is 11.7. The fourth-order valence-corrected chi connectivity index (χ4v) is 3.31. The molecule has 0 aliphatic carbocycles. The summed E-state index contributed by atoms with van der Waals surface area (Å²) in [5, 5.41) is 11.7. The molecule has 0 unspecified atom stereocenters. The van der Waals surface area contributed by atoms with E-state index >= 15 is 0 Å². The number of aromatic nitrogens is 2. The Balaban J connectivity index is 1.81. The molecule has 1 fully saturated rings. The van der Waals surface area contributed by atoms with Gasteiger partial charge in [0.2, 0.25) is 5.88 Å². The van der Waals surface area contributed by atoms with E-state index in [0.717, 1.165) is 11.8 Å². The second kappa shape index (κ2) is 6.59. The highest BCUT2D eigenvalue weighted by molar-refractivity contribution is 8.18. The summed E-state index contributed by atoms with van der Waals surface area (Å²) in [4.78, 5) is 31.6. The van der Waals surface area contributed by atoms with E-state index in [4.69, 9.17) is 9.15 Å². The molecule has 0 saturated carbocycles. The van der Waals surface area contributed by atoms with Crippen LogP contribution in [0.1, 0.15) is 11.3 Å². The topological polar surface area (TPSA) is 118 Å². The van der Waals surface area contributed by atoms with Gasteiger partial charge in [0.25, 0.3) is 11.1 Å². The lowest BCUT2D eigenvalue weighted by molar-refractivity contribution is -0.115. The number of thioether (sulfide) groups is 1. The zero-order valence-corrected chi connectivity index (χ0v) is 14.7. The number of pyridine rings is 2. The van der Waals surface area contributed by atoms with Gasteiger partial charge in [0.05, 0.1) is 12.0 Å². The second-order valence-electron chi connectivity index (χ2n) is 5.50. The molecule has 4 rings (SSSR count). The number of rotatable bonds is 3. The summed E-state index contributed by atoms with van der Waals surface area (Å²) >= 11 is 0.814. The molecule has 132 valence electrons. The molecule has 4 heterocycles. The predicted octanol–water partition coefficient (Wildman–Crippen LogP) is 3.09. The minimum absolute atomic E-state index is 0.236. The van der Waals surface area contributed by atoms with Crippen molar-refractivity contribution in [2.75, 3.05) is 7.11 Å². The van der Waals surface area contributed by atoms with E-state index in [1.165, 1.54) is 13.2 Å². The van der Waals surface area contributed by atoms with Gasteiger partial charge in [-0.1, -0.05) is 0 Å². The molecule has 1 N–H and O–H groups in total. The molecule has 1 aliphatic heterocycles. The first-order valence-corrected chi connectivity index (χ1v) is 8.47. The van der Waals surface area contributed by atoms with Gasteiger partial charge in [0.1, 0.15) is 23.0 Å². The number of hydrogen-bond donors (Lipinski definition) is 1. The SMILES string of the molecule is COc1ncc(-c2cncc3cc(/C=C4/SC(=O)NC4=O)oc23)cc1C#N. The van der Waals surface area contributed by atoms with Gasteiger partial charge >= 0.3 is 0 Å². The number of carbonyl (C=O) groups excluding carboxylic acids is 2. The monoisotopic (exact) mass is 378 g/mol. The zero-order valence-electron chi connectivity index (χ0n) is 13.8. The number of hydrogen-bond acceptors (Lipinski definition) is 8. The van der Waals surface area contributed by atoms with Crippen molar-refractivity contribution in [3.05, 3.63) is 47.0 Å². The van der Waals surface area contributed by atoms with Crippen LogP contribution >= 0.6 is 11.8 Å². The first-order chi connectivity index (χ1) is 13.1. The largest absolute Gasteiger partial charge is 0.480 e. The van der Waals surface area contributed by atoms with Crippen LogP contribution in [-0.4, -0.2) is 28.2 Å². The minimum atomic E-state index is -0.457. The highest BCUT2D eigenvalue weighted by Crippen LogP contribution is 2.33. The molecular formula is C18H10N4O4S. The van der Waals surface area contributed by atoms with Crippen molar-refractivity contribution >= 4 is 40.0 Å². The third-order valence-corrected chi connectivity index (χ3v) is 4.64. The lowest BCUT2D eigenvalue weighted by Crippen LogP contribution is -2.17. The van der Waals surface area contributed by atoms with E-state index in [1.807, 2.05) is 6.07 Å². The van der Waals surface area contributed by atoms with Crippen molar-refractivity contribution in [1.29, 1.82) is 5.26 Å². The molecule has 0 bridgehead atoms. The van der Waals surface area contributed by atoms with Crippen LogP contribution < -0.4 is 10.1 Å². The Bertz CT molecular complexity index is 1180. The third kappa shape index (κ3) is 3.02. The van der Waals surface area contributed by atoms with Gasteiger partial charge in [-0.05, 0) is 23.9 Å². The number of methoxy groups -OCH3 is 1. The number of ether oxygens (including phenoxy) is 1. The Hall–Kier alpha value is -3.64. The fraction of sp³-hybridized carbons (Fsp3) is 0.0556. The van der Waals surface area contributed by atoms with Crippen molar-refractivity contribution < 1.29 is 18.7 Å². The molecule has 9 heteroatoms. The lowest BCUT2D eigenvalue weighted by atomic mass is 10.1. The number of carbonyl (C=O) groups is 2. The average molecular weight is 378 g/mol. The maximum Gasteiger partial charge on any atom is 0.290 e. The van der Waals surface area contributed by atoms with Gasteiger partial charge in [-0.3, -0.25) is 19.9 Å². The van der Waals surface area contributed by atoms with Crippen LogP contribution in [-0.2, 0) is 4.79 Å². The normalized spacial score (nSPS) is 15.2. The first kappa shape index (κ1) is 16.8.